The summed E-state index contributed by atoms with van der Waals surface area (Å²) in [4.78, 5) is 23.8. The fourth-order valence-electron chi connectivity index (χ4n) is 3.13. The van der Waals surface area contributed by atoms with Gasteiger partial charge >= 0.3 is 0 Å². The molecule has 28 heavy (non-hydrogen) atoms. The van der Waals surface area contributed by atoms with E-state index in [1.54, 1.807) is 0 Å². The highest BCUT2D eigenvalue weighted by atomic mass is 16.2. The van der Waals surface area contributed by atoms with Crippen molar-refractivity contribution < 1.29 is 9.59 Å². The van der Waals surface area contributed by atoms with Gasteiger partial charge in [0.2, 0.25) is 11.8 Å². The number of carbonyl (C=O) groups excluding carboxylic acids is 2. The van der Waals surface area contributed by atoms with Crippen molar-refractivity contribution in [1.29, 1.82) is 0 Å². The second kappa shape index (κ2) is 9.51. The van der Waals surface area contributed by atoms with Gasteiger partial charge in [0.1, 0.15) is 0 Å². The highest BCUT2D eigenvalue weighted by molar-refractivity contribution is 5.88. The Kier molecular flexibility index (Phi) is 6.58. The summed E-state index contributed by atoms with van der Waals surface area (Å²) in [5, 5.41) is 5.90. The molecule has 3 rings (SSSR count). The molecular formula is C24H24N2O2. The molecule has 1 unspecified atom stereocenters. The van der Waals surface area contributed by atoms with Crippen molar-refractivity contribution in [3.63, 3.8) is 0 Å². The van der Waals surface area contributed by atoms with Crippen LogP contribution in [0.5, 0.6) is 0 Å². The number of hydrogen-bond donors (Lipinski definition) is 2. The van der Waals surface area contributed by atoms with Crippen LogP contribution in [-0.4, -0.2) is 11.8 Å². The van der Waals surface area contributed by atoms with Gasteiger partial charge in [-0.15, -0.1) is 0 Å². The molecule has 142 valence electrons. The lowest BCUT2D eigenvalue weighted by molar-refractivity contribution is -0.121. The van der Waals surface area contributed by atoms with E-state index in [0.29, 0.717) is 6.42 Å². The molecule has 0 saturated heterocycles. The van der Waals surface area contributed by atoms with E-state index in [1.165, 1.54) is 12.5 Å². The maximum Gasteiger partial charge on any atom is 0.224 e. The first-order chi connectivity index (χ1) is 13.6. The molecule has 2 amide bonds. The number of anilines is 1. The van der Waals surface area contributed by atoms with Gasteiger partial charge in [-0.3, -0.25) is 9.59 Å². The molecule has 0 aliphatic carbocycles. The third kappa shape index (κ3) is 5.81. The van der Waals surface area contributed by atoms with E-state index in [2.05, 4.69) is 22.8 Å². The van der Waals surface area contributed by atoms with Gasteiger partial charge in [-0.2, -0.15) is 0 Å². The lowest BCUT2D eigenvalue weighted by Gasteiger charge is -2.20. The van der Waals surface area contributed by atoms with Crippen LogP contribution in [0.2, 0.25) is 0 Å². The van der Waals surface area contributed by atoms with E-state index in [4.69, 9.17) is 0 Å². The topological polar surface area (TPSA) is 58.2 Å². The average molecular weight is 372 g/mol. The summed E-state index contributed by atoms with van der Waals surface area (Å²) in [6.07, 6.45) is 1.02. The fourth-order valence-corrected chi connectivity index (χ4v) is 3.13. The van der Waals surface area contributed by atoms with Gasteiger partial charge in [0.05, 0.1) is 12.5 Å². The Morgan fingerprint density at radius 3 is 2.00 bits per heavy atom. The molecule has 0 aliphatic heterocycles. The maximum absolute atomic E-state index is 12.7. The summed E-state index contributed by atoms with van der Waals surface area (Å²) < 4.78 is 0. The molecule has 3 aromatic rings. The standard InChI is InChI=1S/C24H24N2O2/c1-18(27)25-22-14-12-20(13-15-22)17-24(28)26-23(21-10-6-3-7-11-21)16-19-8-4-2-5-9-19/h2-15,23H,16-17H2,1H3,(H,25,27)(H,26,28). The summed E-state index contributed by atoms with van der Waals surface area (Å²) >= 11 is 0. The SMILES string of the molecule is CC(=O)Nc1ccc(CC(=O)NC(Cc2ccccc2)c2ccccc2)cc1. The zero-order valence-electron chi connectivity index (χ0n) is 15.9. The van der Waals surface area contributed by atoms with Crippen LogP contribution in [-0.2, 0) is 22.4 Å². The van der Waals surface area contributed by atoms with Crippen LogP contribution in [0.3, 0.4) is 0 Å². The first-order valence-electron chi connectivity index (χ1n) is 9.35. The van der Waals surface area contributed by atoms with Crippen molar-refractivity contribution in [1.82, 2.24) is 5.32 Å². The van der Waals surface area contributed by atoms with Gasteiger partial charge in [-0.1, -0.05) is 72.8 Å². The Hall–Kier alpha value is -3.40. The molecule has 0 aliphatic rings. The molecule has 3 aromatic carbocycles. The van der Waals surface area contributed by atoms with Crippen molar-refractivity contribution in [2.75, 3.05) is 5.32 Å². The molecular weight excluding hydrogens is 348 g/mol. The van der Waals surface area contributed by atoms with Crippen LogP contribution < -0.4 is 10.6 Å². The summed E-state index contributed by atoms with van der Waals surface area (Å²) in [5.74, 6) is -0.144. The highest BCUT2D eigenvalue weighted by Gasteiger charge is 2.15. The average Bonchev–Trinajstić information content (AvgIpc) is 2.70. The molecule has 0 fully saturated rings. The Balaban J connectivity index is 1.68. The third-order valence-electron chi connectivity index (χ3n) is 4.46. The normalized spacial score (nSPS) is 11.5. The summed E-state index contributed by atoms with van der Waals surface area (Å²) in [6.45, 7) is 1.47. The molecule has 0 saturated carbocycles. The van der Waals surface area contributed by atoms with Crippen LogP contribution >= 0.6 is 0 Å². The minimum absolute atomic E-state index is 0.0305. The number of amides is 2. The van der Waals surface area contributed by atoms with E-state index >= 15 is 0 Å². The van der Waals surface area contributed by atoms with E-state index in [9.17, 15) is 9.59 Å². The van der Waals surface area contributed by atoms with Crippen molar-refractivity contribution in [3.8, 4) is 0 Å². The lowest BCUT2D eigenvalue weighted by atomic mass is 9.98. The minimum atomic E-state index is -0.114. The highest BCUT2D eigenvalue weighted by Crippen LogP contribution is 2.19. The lowest BCUT2D eigenvalue weighted by Crippen LogP contribution is -2.31. The smallest absolute Gasteiger partial charge is 0.224 e. The molecule has 0 bridgehead atoms. The van der Waals surface area contributed by atoms with Gasteiger partial charge in [-0.25, -0.2) is 0 Å². The second-order valence-electron chi connectivity index (χ2n) is 6.78. The Morgan fingerprint density at radius 2 is 1.39 bits per heavy atom. The van der Waals surface area contributed by atoms with E-state index in [0.717, 1.165) is 23.2 Å². The van der Waals surface area contributed by atoms with Crippen LogP contribution in [0.15, 0.2) is 84.9 Å². The predicted molar refractivity (Wildman–Crippen MR) is 112 cm³/mol. The molecule has 1 atom stereocenters. The van der Waals surface area contributed by atoms with Gasteiger partial charge < -0.3 is 10.6 Å². The molecule has 4 heteroatoms. The number of carbonyl (C=O) groups is 2. The quantitative estimate of drug-likeness (QED) is 0.650. The molecule has 4 nitrogen and oxygen atoms in total. The van der Waals surface area contributed by atoms with Gasteiger partial charge in [0.15, 0.2) is 0 Å². The van der Waals surface area contributed by atoms with E-state index < -0.39 is 0 Å². The zero-order chi connectivity index (χ0) is 19.8. The zero-order valence-corrected chi connectivity index (χ0v) is 15.9. The largest absolute Gasteiger partial charge is 0.349 e. The second-order valence-corrected chi connectivity index (χ2v) is 6.78. The Bertz CT molecular complexity index is 906. The van der Waals surface area contributed by atoms with E-state index in [1.807, 2.05) is 72.8 Å². The molecule has 0 spiro atoms. The van der Waals surface area contributed by atoms with Crippen molar-refractivity contribution in [2.45, 2.75) is 25.8 Å². The number of rotatable bonds is 7. The van der Waals surface area contributed by atoms with Crippen LogP contribution in [0.4, 0.5) is 5.69 Å². The Morgan fingerprint density at radius 1 is 0.786 bits per heavy atom. The van der Waals surface area contributed by atoms with Gasteiger partial charge in [-0.05, 0) is 35.2 Å². The minimum Gasteiger partial charge on any atom is -0.349 e. The molecule has 2 N–H and O–H groups in total. The first-order valence-corrected chi connectivity index (χ1v) is 9.35. The number of hydrogen-bond acceptors (Lipinski definition) is 2. The Labute approximate surface area is 165 Å². The predicted octanol–water partition coefficient (Wildman–Crippen LogP) is 4.29. The summed E-state index contributed by atoms with van der Waals surface area (Å²) in [5.41, 5.74) is 3.89. The van der Waals surface area contributed by atoms with Crippen LogP contribution in [0.25, 0.3) is 0 Å². The van der Waals surface area contributed by atoms with Crippen LogP contribution in [0, 0.1) is 0 Å². The third-order valence-corrected chi connectivity index (χ3v) is 4.46. The van der Waals surface area contributed by atoms with E-state index in [-0.39, 0.29) is 17.9 Å². The fraction of sp³-hybridized carbons (Fsp3) is 0.167. The van der Waals surface area contributed by atoms with Crippen molar-refractivity contribution >= 4 is 17.5 Å². The molecule has 0 radical (unpaired) electrons. The molecule has 0 aromatic heterocycles. The first kappa shape index (κ1) is 19.4. The maximum atomic E-state index is 12.7. The summed E-state index contributed by atoms with van der Waals surface area (Å²) in [6, 6.07) is 27.4. The van der Waals surface area contributed by atoms with Gasteiger partial charge in [0, 0.05) is 12.6 Å². The van der Waals surface area contributed by atoms with Crippen LogP contribution in [0.1, 0.15) is 29.7 Å². The van der Waals surface area contributed by atoms with Crippen molar-refractivity contribution in [2.24, 2.45) is 0 Å². The number of nitrogens with one attached hydrogen (secondary N) is 2. The molecule has 0 heterocycles. The van der Waals surface area contributed by atoms with Gasteiger partial charge in [0.25, 0.3) is 0 Å². The van der Waals surface area contributed by atoms with Crippen molar-refractivity contribution in [3.05, 3.63) is 102 Å². The summed E-state index contributed by atoms with van der Waals surface area (Å²) in [7, 11) is 0. The monoisotopic (exact) mass is 372 g/mol. The number of benzene rings is 3.